The zero-order valence-corrected chi connectivity index (χ0v) is 15.3. The quantitative estimate of drug-likeness (QED) is 0.717. The summed E-state index contributed by atoms with van der Waals surface area (Å²) in [6, 6.07) is 4.40. The second-order valence-corrected chi connectivity index (χ2v) is 6.84. The molecule has 1 heterocycles. The molecule has 2 rings (SSSR count). The van der Waals surface area contributed by atoms with Gasteiger partial charge in [0.2, 0.25) is 0 Å². The van der Waals surface area contributed by atoms with Crippen LogP contribution in [0.4, 0.5) is 0 Å². The number of carbonyl (C=O) groups excluding carboxylic acids is 1. The molecule has 0 saturated heterocycles. The van der Waals surface area contributed by atoms with Gasteiger partial charge in [0.15, 0.2) is 0 Å². The normalized spacial score (nSPS) is 13.6. The fraction of sp³-hybridized carbons (Fsp3) is 0.444. The maximum Gasteiger partial charge on any atom is 0.328 e. The molecular weight excluding hydrogens is 338 g/mol. The van der Waals surface area contributed by atoms with E-state index in [0.717, 1.165) is 4.57 Å². The molecule has 1 amide bonds. The van der Waals surface area contributed by atoms with Crippen LogP contribution in [0.15, 0.2) is 27.8 Å². The Kier molecular flexibility index (Phi) is 5.34. The van der Waals surface area contributed by atoms with Gasteiger partial charge in [-0.3, -0.25) is 19.0 Å². The lowest BCUT2D eigenvalue weighted by Gasteiger charge is -2.33. The molecule has 26 heavy (non-hydrogen) atoms. The highest BCUT2D eigenvalue weighted by Gasteiger charge is 2.33. The highest BCUT2D eigenvalue weighted by molar-refractivity contribution is 5.98. The highest BCUT2D eigenvalue weighted by Crippen LogP contribution is 2.22. The van der Waals surface area contributed by atoms with Crippen molar-refractivity contribution in [2.24, 2.45) is 5.92 Å². The van der Waals surface area contributed by atoms with Gasteiger partial charge in [-0.15, -0.1) is 0 Å². The van der Waals surface area contributed by atoms with Crippen molar-refractivity contribution in [3.8, 4) is 0 Å². The molecule has 1 atom stereocenters. The van der Waals surface area contributed by atoms with Crippen molar-refractivity contribution in [3.05, 3.63) is 44.6 Å². The van der Waals surface area contributed by atoms with Gasteiger partial charge in [-0.2, -0.15) is 0 Å². The van der Waals surface area contributed by atoms with Crippen LogP contribution in [-0.4, -0.2) is 32.1 Å². The van der Waals surface area contributed by atoms with E-state index in [1.165, 1.54) is 18.2 Å². The fourth-order valence-corrected chi connectivity index (χ4v) is 2.72. The van der Waals surface area contributed by atoms with E-state index in [-0.39, 0.29) is 30.0 Å². The zero-order valence-electron chi connectivity index (χ0n) is 15.3. The number of amides is 1. The van der Waals surface area contributed by atoms with E-state index in [0.29, 0.717) is 5.39 Å². The van der Waals surface area contributed by atoms with Gasteiger partial charge in [0, 0.05) is 12.1 Å². The predicted octanol–water partition coefficient (Wildman–Crippen LogP) is 1.33. The van der Waals surface area contributed by atoms with Gasteiger partial charge in [-0.05, 0) is 38.0 Å². The van der Waals surface area contributed by atoms with Crippen LogP contribution in [-0.2, 0) is 11.3 Å². The number of aromatic nitrogens is 2. The zero-order chi connectivity index (χ0) is 19.6. The summed E-state index contributed by atoms with van der Waals surface area (Å²) in [5, 5.41) is 12.2. The molecule has 0 radical (unpaired) electrons. The second-order valence-electron chi connectivity index (χ2n) is 6.84. The van der Waals surface area contributed by atoms with E-state index >= 15 is 0 Å². The molecular formula is C18H23N3O5. The second kappa shape index (κ2) is 7.15. The minimum absolute atomic E-state index is 0.112. The fourth-order valence-electron chi connectivity index (χ4n) is 2.72. The number of H-pyrrole nitrogens is 1. The maximum absolute atomic E-state index is 12.6. The van der Waals surface area contributed by atoms with Gasteiger partial charge in [-0.25, -0.2) is 4.79 Å². The Morgan fingerprint density at radius 2 is 1.96 bits per heavy atom. The summed E-state index contributed by atoms with van der Waals surface area (Å²) >= 11 is 0. The van der Waals surface area contributed by atoms with Crippen molar-refractivity contribution in [1.29, 1.82) is 0 Å². The third-order valence-electron chi connectivity index (χ3n) is 4.75. The van der Waals surface area contributed by atoms with Gasteiger partial charge in [0.05, 0.1) is 22.9 Å². The monoisotopic (exact) mass is 361 g/mol. The van der Waals surface area contributed by atoms with E-state index in [1.54, 1.807) is 13.8 Å². The lowest BCUT2D eigenvalue weighted by Crippen LogP contribution is -2.51. The number of carbonyl (C=O) groups is 2. The summed E-state index contributed by atoms with van der Waals surface area (Å²) in [4.78, 5) is 50.5. The molecule has 0 saturated carbocycles. The summed E-state index contributed by atoms with van der Waals surface area (Å²) < 4.78 is 1.07. The number of fused-ring (bicyclic) bond motifs is 1. The van der Waals surface area contributed by atoms with E-state index in [9.17, 15) is 19.2 Å². The van der Waals surface area contributed by atoms with Gasteiger partial charge >= 0.3 is 11.7 Å². The predicted molar refractivity (Wildman–Crippen MR) is 97.5 cm³/mol. The van der Waals surface area contributed by atoms with E-state index in [4.69, 9.17) is 5.11 Å². The van der Waals surface area contributed by atoms with Crippen molar-refractivity contribution < 1.29 is 14.7 Å². The average Bonchev–Trinajstić information content (AvgIpc) is 2.53. The number of aliphatic carboxylic acids is 1. The van der Waals surface area contributed by atoms with Gasteiger partial charge in [-0.1, -0.05) is 13.8 Å². The molecule has 0 aliphatic heterocycles. The first-order chi connectivity index (χ1) is 12.1. The van der Waals surface area contributed by atoms with Crippen LogP contribution in [0.3, 0.4) is 0 Å². The average molecular weight is 361 g/mol. The molecule has 1 aromatic carbocycles. The molecule has 3 N–H and O–H groups in total. The summed E-state index contributed by atoms with van der Waals surface area (Å²) in [7, 11) is 0. The minimum Gasteiger partial charge on any atom is -0.481 e. The number of benzene rings is 1. The molecule has 2 aromatic rings. The molecule has 140 valence electrons. The van der Waals surface area contributed by atoms with Crippen LogP contribution in [0.2, 0.25) is 0 Å². The van der Waals surface area contributed by atoms with E-state index < -0.39 is 28.7 Å². The van der Waals surface area contributed by atoms with Gasteiger partial charge in [0.25, 0.3) is 11.5 Å². The standard InChI is InChI=1S/C18H23N3O5/c1-5-21-16(25)12-7-6-11(8-13(12)19-17(21)26)15(24)20-18(4,10(2)3)9-14(22)23/h6-8,10H,5,9H2,1-4H3,(H,19,26)(H,20,24)(H,22,23). The number of hydrogen-bond acceptors (Lipinski definition) is 4. The number of rotatable bonds is 6. The third-order valence-corrected chi connectivity index (χ3v) is 4.75. The Morgan fingerprint density at radius 1 is 1.31 bits per heavy atom. The van der Waals surface area contributed by atoms with Crippen molar-refractivity contribution in [3.63, 3.8) is 0 Å². The molecule has 0 fully saturated rings. The van der Waals surface area contributed by atoms with Crippen LogP contribution in [0.1, 0.15) is 44.5 Å². The van der Waals surface area contributed by atoms with Gasteiger partial charge < -0.3 is 15.4 Å². The molecule has 1 aromatic heterocycles. The summed E-state index contributed by atoms with van der Waals surface area (Å²) in [5.74, 6) is -1.59. The first-order valence-corrected chi connectivity index (χ1v) is 8.40. The Labute approximate surface area is 149 Å². The van der Waals surface area contributed by atoms with Crippen molar-refractivity contribution in [1.82, 2.24) is 14.9 Å². The van der Waals surface area contributed by atoms with Crippen molar-refractivity contribution >= 4 is 22.8 Å². The van der Waals surface area contributed by atoms with Crippen molar-refractivity contribution in [2.75, 3.05) is 0 Å². The number of carboxylic acids is 1. The molecule has 0 bridgehead atoms. The highest BCUT2D eigenvalue weighted by atomic mass is 16.4. The number of carboxylic acid groups (broad SMARTS) is 1. The lowest BCUT2D eigenvalue weighted by molar-refractivity contribution is -0.138. The number of hydrogen-bond donors (Lipinski definition) is 3. The van der Waals surface area contributed by atoms with Crippen LogP contribution in [0, 0.1) is 5.92 Å². The van der Waals surface area contributed by atoms with Gasteiger partial charge in [0.1, 0.15) is 0 Å². The lowest BCUT2D eigenvalue weighted by atomic mass is 9.85. The molecule has 1 unspecified atom stereocenters. The number of nitrogens with one attached hydrogen (secondary N) is 2. The summed E-state index contributed by atoms with van der Waals surface area (Å²) in [5.41, 5.74) is -1.39. The van der Waals surface area contributed by atoms with Crippen LogP contribution < -0.4 is 16.6 Å². The molecule has 0 spiro atoms. The van der Waals surface area contributed by atoms with Crippen LogP contribution in [0.25, 0.3) is 10.9 Å². The smallest absolute Gasteiger partial charge is 0.328 e. The molecule has 0 aliphatic carbocycles. The SMILES string of the molecule is CCn1c(=O)[nH]c2cc(C(=O)NC(C)(CC(=O)O)C(C)C)ccc2c1=O. The summed E-state index contributed by atoms with van der Waals surface area (Å²) in [6.07, 6.45) is -0.220. The van der Waals surface area contributed by atoms with Crippen LogP contribution in [0.5, 0.6) is 0 Å². The summed E-state index contributed by atoms with van der Waals surface area (Å²) in [6.45, 7) is 7.27. The molecule has 0 aliphatic rings. The Bertz CT molecular complexity index is 973. The Balaban J connectivity index is 2.44. The van der Waals surface area contributed by atoms with Crippen molar-refractivity contribution in [2.45, 2.75) is 46.2 Å². The van der Waals surface area contributed by atoms with E-state index in [1.807, 2.05) is 13.8 Å². The molecule has 8 heteroatoms. The van der Waals surface area contributed by atoms with Crippen LogP contribution >= 0.6 is 0 Å². The molecule has 8 nitrogen and oxygen atoms in total. The third kappa shape index (κ3) is 3.68. The first-order valence-electron chi connectivity index (χ1n) is 8.40. The number of nitrogens with zero attached hydrogens (tertiary/aromatic N) is 1. The largest absolute Gasteiger partial charge is 0.481 e. The Morgan fingerprint density at radius 3 is 2.50 bits per heavy atom. The van der Waals surface area contributed by atoms with E-state index in [2.05, 4.69) is 10.3 Å². The topological polar surface area (TPSA) is 121 Å². The Hall–Kier alpha value is -2.90. The maximum atomic E-state index is 12.6. The first kappa shape index (κ1) is 19.4. The number of aromatic amines is 1. The minimum atomic E-state index is -1.01.